The van der Waals surface area contributed by atoms with E-state index in [1.165, 1.54) is 18.6 Å². The molecule has 3 N–H and O–H groups in total. The van der Waals surface area contributed by atoms with Gasteiger partial charge in [0, 0.05) is 12.4 Å². The average molecular weight is 272 g/mol. The summed E-state index contributed by atoms with van der Waals surface area (Å²) in [5, 5.41) is 2.74. The molecule has 0 aliphatic rings. The lowest BCUT2D eigenvalue weighted by molar-refractivity contribution is 0.0941. The van der Waals surface area contributed by atoms with Gasteiger partial charge in [-0.05, 0) is 5.56 Å². The van der Waals surface area contributed by atoms with Gasteiger partial charge in [-0.15, -0.1) is 0 Å². The zero-order chi connectivity index (χ0) is 13.7. The molecule has 1 amide bonds. The number of amides is 1. The number of thiocarbonyl (C=S) groups is 1. The fourth-order valence-electron chi connectivity index (χ4n) is 1.59. The third kappa shape index (κ3) is 3.32. The molecule has 2 aromatic rings. The molecule has 0 bridgehead atoms. The van der Waals surface area contributed by atoms with E-state index in [4.69, 9.17) is 18.0 Å². The highest BCUT2D eigenvalue weighted by molar-refractivity contribution is 7.80. The molecule has 0 saturated heterocycles. The summed E-state index contributed by atoms with van der Waals surface area (Å²) in [7, 11) is 0. The first-order valence-corrected chi connectivity index (χ1v) is 6.00. The number of carbonyl (C=O) groups is 1. The molecule has 1 aromatic heterocycles. The molecule has 0 aliphatic heterocycles. The van der Waals surface area contributed by atoms with Gasteiger partial charge in [0.15, 0.2) is 0 Å². The van der Waals surface area contributed by atoms with Crippen molar-refractivity contribution in [1.82, 2.24) is 15.3 Å². The monoisotopic (exact) mass is 272 g/mol. The number of nitrogens with zero attached hydrogens (tertiary/aromatic N) is 2. The van der Waals surface area contributed by atoms with Gasteiger partial charge in [-0.1, -0.05) is 42.5 Å². The Labute approximate surface area is 115 Å². The lowest BCUT2D eigenvalue weighted by atomic mass is 10.1. The summed E-state index contributed by atoms with van der Waals surface area (Å²) in [5.41, 5.74) is 6.72. The normalized spacial score (nSPS) is 11.6. The predicted molar refractivity (Wildman–Crippen MR) is 75.5 cm³/mol. The zero-order valence-corrected chi connectivity index (χ0v) is 10.8. The zero-order valence-electron chi connectivity index (χ0n) is 9.98. The van der Waals surface area contributed by atoms with Crippen molar-refractivity contribution in [2.45, 2.75) is 6.04 Å². The van der Waals surface area contributed by atoms with Gasteiger partial charge < -0.3 is 11.1 Å². The molecule has 0 saturated carbocycles. The first-order chi connectivity index (χ1) is 9.18. The van der Waals surface area contributed by atoms with Crippen molar-refractivity contribution < 1.29 is 4.79 Å². The Morgan fingerprint density at radius 3 is 2.58 bits per heavy atom. The van der Waals surface area contributed by atoms with Crippen LogP contribution in [0.15, 0.2) is 48.9 Å². The van der Waals surface area contributed by atoms with Crippen LogP contribution in [0.4, 0.5) is 0 Å². The van der Waals surface area contributed by atoms with E-state index < -0.39 is 6.04 Å². The van der Waals surface area contributed by atoms with Crippen LogP contribution in [0.2, 0.25) is 0 Å². The van der Waals surface area contributed by atoms with Crippen LogP contribution in [0.25, 0.3) is 0 Å². The minimum absolute atomic E-state index is 0.198. The summed E-state index contributed by atoms with van der Waals surface area (Å²) in [6, 6.07) is 8.77. The highest BCUT2D eigenvalue weighted by Crippen LogP contribution is 2.13. The van der Waals surface area contributed by atoms with E-state index in [-0.39, 0.29) is 16.6 Å². The summed E-state index contributed by atoms with van der Waals surface area (Å²) >= 11 is 4.99. The maximum absolute atomic E-state index is 12.0. The van der Waals surface area contributed by atoms with Crippen molar-refractivity contribution in [2.75, 3.05) is 0 Å². The van der Waals surface area contributed by atoms with Gasteiger partial charge in [0.25, 0.3) is 5.91 Å². The number of benzene rings is 1. The van der Waals surface area contributed by atoms with Crippen LogP contribution >= 0.6 is 12.2 Å². The molecule has 0 aliphatic carbocycles. The molecule has 0 radical (unpaired) electrons. The second-order valence-corrected chi connectivity index (χ2v) is 4.28. The Hall–Kier alpha value is -2.34. The highest BCUT2D eigenvalue weighted by atomic mass is 32.1. The Kier molecular flexibility index (Phi) is 4.15. The maximum atomic E-state index is 12.0. The lowest BCUT2D eigenvalue weighted by Gasteiger charge is -2.17. The summed E-state index contributed by atoms with van der Waals surface area (Å²) < 4.78 is 0. The fraction of sp³-hybridized carbons (Fsp3) is 0.0769. The lowest BCUT2D eigenvalue weighted by Crippen LogP contribution is -2.36. The SMILES string of the molecule is NC(=S)C(NC(=O)c1cnccn1)c1ccccc1. The van der Waals surface area contributed by atoms with Crippen molar-refractivity contribution >= 4 is 23.1 Å². The molecule has 0 fully saturated rings. The molecule has 19 heavy (non-hydrogen) atoms. The van der Waals surface area contributed by atoms with Gasteiger partial charge in [0.1, 0.15) is 16.7 Å². The predicted octanol–water partition coefficient (Wildman–Crippen LogP) is 1.23. The molecule has 1 heterocycles. The number of rotatable bonds is 4. The molecule has 1 atom stereocenters. The molecule has 96 valence electrons. The minimum atomic E-state index is -0.522. The van der Waals surface area contributed by atoms with Crippen LogP contribution in [0.1, 0.15) is 22.1 Å². The second-order valence-electron chi connectivity index (χ2n) is 3.81. The van der Waals surface area contributed by atoms with E-state index in [9.17, 15) is 4.79 Å². The Bertz CT molecular complexity index is 574. The number of hydrogen-bond donors (Lipinski definition) is 2. The van der Waals surface area contributed by atoms with E-state index >= 15 is 0 Å². The highest BCUT2D eigenvalue weighted by Gasteiger charge is 2.18. The third-order valence-electron chi connectivity index (χ3n) is 2.49. The van der Waals surface area contributed by atoms with Gasteiger partial charge >= 0.3 is 0 Å². The Morgan fingerprint density at radius 2 is 2.00 bits per heavy atom. The van der Waals surface area contributed by atoms with Crippen molar-refractivity contribution in [2.24, 2.45) is 5.73 Å². The number of nitrogens with two attached hydrogens (primary N) is 1. The number of carbonyl (C=O) groups excluding carboxylic acids is 1. The van der Waals surface area contributed by atoms with Crippen LogP contribution in [0, 0.1) is 0 Å². The van der Waals surface area contributed by atoms with Gasteiger partial charge in [0.2, 0.25) is 0 Å². The van der Waals surface area contributed by atoms with E-state index in [2.05, 4.69) is 15.3 Å². The van der Waals surface area contributed by atoms with Gasteiger partial charge in [-0.25, -0.2) is 4.98 Å². The van der Waals surface area contributed by atoms with E-state index in [0.29, 0.717) is 0 Å². The largest absolute Gasteiger partial charge is 0.391 e. The molecule has 0 spiro atoms. The summed E-state index contributed by atoms with van der Waals surface area (Å²) in [5.74, 6) is -0.366. The summed E-state index contributed by atoms with van der Waals surface area (Å²) in [6.45, 7) is 0. The fourth-order valence-corrected chi connectivity index (χ4v) is 1.78. The summed E-state index contributed by atoms with van der Waals surface area (Å²) in [6.07, 6.45) is 4.34. The van der Waals surface area contributed by atoms with Crippen molar-refractivity contribution in [3.63, 3.8) is 0 Å². The topological polar surface area (TPSA) is 80.9 Å². The Morgan fingerprint density at radius 1 is 1.26 bits per heavy atom. The van der Waals surface area contributed by atoms with Gasteiger partial charge in [-0.2, -0.15) is 0 Å². The molecular formula is C13H12N4OS. The van der Waals surface area contributed by atoms with Crippen LogP contribution in [-0.4, -0.2) is 20.9 Å². The van der Waals surface area contributed by atoms with Crippen molar-refractivity contribution in [3.8, 4) is 0 Å². The average Bonchev–Trinajstić information content (AvgIpc) is 2.46. The second kappa shape index (κ2) is 6.01. The van der Waals surface area contributed by atoms with E-state index in [1.54, 1.807) is 0 Å². The smallest absolute Gasteiger partial charge is 0.272 e. The van der Waals surface area contributed by atoms with E-state index in [0.717, 1.165) is 5.56 Å². The first-order valence-electron chi connectivity index (χ1n) is 5.59. The first kappa shape index (κ1) is 13.1. The van der Waals surface area contributed by atoms with Gasteiger partial charge in [0.05, 0.1) is 6.20 Å². The maximum Gasteiger partial charge on any atom is 0.272 e. The summed E-state index contributed by atoms with van der Waals surface area (Å²) in [4.78, 5) is 20.0. The van der Waals surface area contributed by atoms with Crippen LogP contribution in [-0.2, 0) is 0 Å². The number of nitrogens with one attached hydrogen (secondary N) is 1. The molecule has 1 unspecified atom stereocenters. The molecule has 2 rings (SSSR count). The molecule has 6 heteroatoms. The third-order valence-corrected chi connectivity index (χ3v) is 2.72. The number of hydrogen-bond acceptors (Lipinski definition) is 4. The van der Waals surface area contributed by atoms with Gasteiger partial charge in [-0.3, -0.25) is 9.78 Å². The van der Waals surface area contributed by atoms with Crippen molar-refractivity contribution in [3.05, 3.63) is 60.2 Å². The Balaban J connectivity index is 2.19. The minimum Gasteiger partial charge on any atom is -0.391 e. The van der Waals surface area contributed by atoms with Crippen LogP contribution < -0.4 is 11.1 Å². The molecular weight excluding hydrogens is 260 g/mol. The van der Waals surface area contributed by atoms with Crippen LogP contribution in [0.5, 0.6) is 0 Å². The van der Waals surface area contributed by atoms with Crippen LogP contribution in [0.3, 0.4) is 0 Å². The van der Waals surface area contributed by atoms with E-state index in [1.807, 2.05) is 30.3 Å². The molecule has 5 nitrogen and oxygen atoms in total. The standard InChI is InChI=1S/C13H12N4OS/c14-12(19)11(9-4-2-1-3-5-9)17-13(18)10-8-15-6-7-16-10/h1-8,11H,(H2,14,19)(H,17,18). The quantitative estimate of drug-likeness (QED) is 0.818. The number of aromatic nitrogens is 2. The van der Waals surface area contributed by atoms with Crippen molar-refractivity contribution in [1.29, 1.82) is 0 Å². The molecule has 1 aromatic carbocycles.